The van der Waals surface area contributed by atoms with Crippen LogP contribution in [0.5, 0.6) is 5.75 Å². The van der Waals surface area contributed by atoms with Crippen LogP contribution in [0.25, 0.3) is 0 Å². The van der Waals surface area contributed by atoms with Crippen molar-refractivity contribution < 1.29 is 19.1 Å². The molecule has 0 saturated carbocycles. The first-order chi connectivity index (χ1) is 11.0. The number of hydrogen-bond donors (Lipinski definition) is 2. The molecule has 1 saturated heterocycles. The van der Waals surface area contributed by atoms with Crippen LogP contribution in [0.3, 0.4) is 0 Å². The second kappa shape index (κ2) is 7.62. The number of nitrogens with zero attached hydrogens (tertiary/aromatic N) is 1. The minimum Gasteiger partial charge on any atom is -0.484 e. The summed E-state index contributed by atoms with van der Waals surface area (Å²) in [6, 6.07) is 6.59. The number of nitrogens with one attached hydrogen (secondary N) is 2. The molecular formula is C16H21N3O4. The van der Waals surface area contributed by atoms with E-state index in [0.29, 0.717) is 18.8 Å². The van der Waals surface area contributed by atoms with Crippen LogP contribution in [0.2, 0.25) is 0 Å². The Bertz CT molecular complexity index is 603. The van der Waals surface area contributed by atoms with E-state index >= 15 is 0 Å². The highest BCUT2D eigenvalue weighted by atomic mass is 16.5. The van der Waals surface area contributed by atoms with Crippen LogP contribution in [-0.4, -0.2) is 55.4 Å². The van der Waals surface area contributed by atoms with Crippen molar-refractivity contribution in [2.75, 3.05) is 26.7 Å². The topological polar surface area (TPSA) is 87.7 Å². The summed E-state index contributed by atoms with van der Waals surface area (Å²) in [5.74, 6) is -0.314. The molecule has 3 amide bonds. The smallest absolute Gasteiger partial charge is 0.261 e. The van der Waals surface area contributed by atoms with Crippen LogP contribution < -0.4 is 15.4 Å². The summed E-state index contributed by atoms with van der Waals surface area (Å²) < 4.78 is 5.49. The summed E-state index contributed by atoms with van der Waals surface area (Å²) in [6.45, 7) is 2.51. The van der Waals surface area contributed by atoms with Crippen LogP contribution in [0.1, 0.15) is 12.0 Å². The average Bonchev–Trinajstić information content (AvgIpc) is 2.54. The van der Waals surface area contributed by atoms with E-state index in [-0.39, 0.29) is 30.7 Å². The molecule has 1 fully saturated rings. The first kappa shape index (κ1) is 16.8. The second-order valence-corrected chi connectivity index (χ2v) is 5.38. The van der Waals surface area contributed by atoms with Crippen molar-refractivity contribution in [1.29, 1.82) is 0 Å². The highest BCUT2D eigenvalue weighted by Gasteiger charge is 2.34. The van der Waals surface area contributed by atoms with Crippen molar-refractivity contribution in [3.05, 3.63) is 29.8 Å². The number of aryl methyl sites for hydroxylation is 1. The number of rotatable bonds is 5. The van der Waals surface area contributed by atoms with Gasteiger partial charge in [-0.15, -0.1) is 0 Å². The number of ether oxygens (including phenoxy) is 1. The van der Waals surface area contributed by atoms with Gasteiger partial charge in [-0.3, -0.25) is 14.4 Å². The Kier molecular flexibility index (Phi) is 5.56. The summed E-state index contributed by atoms with van der Waals surface area (Å²) in [5.41, 5.74) is 1.03. The Morgan fingerprint density at radius 2 is 2.22 bits per heavy atom. The molecule has 1 aliphatic rings. The first-order valence-corrected chi connectivity index (χ1v) is 7.48. The Morgan fingerprint density at radius 3 is 2.91 bits per heavy atom. The van der Waals surface area contributed by atoms with Crippen LogP contribution >= 0.6 is 0 Å². The monoisotopic (exact) mass is 319 g/mol. The van der Waals surface area contributed by atoms with E-state index in [4.69, 9.17) is 4.74 Å². The minimum absolute atomic E-state index is 0.0570. The summed E-state index contributed by atoms with van der Waals surface area (Å²) in [6.07, 6.45) is -0.0570. The SMILES string of the molecule is CNC(=O)C[C@H]1C(=O)NCCN1C(=O)COc1cccc(C)c1. The lowest BCUT2D eigenvalue weighted by molar-refractivity contribution is -0.146. The summed E-state index contributed by atoms with van der Waals surface area (Å²) in [7, 11) is 1.50. The normalized spacial score (nSPS) is 17.4. The van der Waals surface area contributed by atoms with Crippen molar-refractivity contribution in [3.8, 4) is 5.75 Å². The third-order valence-electron chi connectivity index (χ3n) is 3.66. The number of benzene rings is 1. The van der Waals surface area contributed by atoms with E-state index in [0.717, 1.165) is 5.56 Å². The van der Waals surface area contributed by atoms with E-state index in [1.807, 2.05) is 25.1 Å². The Morgan fingerprint density at radius 1 is 1.43 bits per heavy atom. The molecule has 1 atom stereocenters. The van der Waals surface area contributed by atoms with Gasteiger partial charge in [0.2, 0.25) is 11.8 Å². The lowest BCUT2D eigenvalue weighted by Crippen LogP contribution is -2.59. The number of amides is 3. The van der Waals surface area contributed by atoms with Gasteiger partial charge in [0.15, 0.2) is 6.61 Å². The lowest BCUT2D eigenvalue weighted by atomic mass is 10.1. The summed E-state index contributed by atoms with van der Waals surface area (Å²) in [5, 5.41) is 5.14. The third kappa shape index (κ3) is 4.45. The number of carbonyl (C=O) groups is 3. The largest absolute Gasteiger partial charge is 0.484 e. The van der Waals surface area contributed by atoms with E-state index in [9.17, 15) is 14.4 Å². The van der Waals surface area contributed by atoms with Crippen LogP contribution in [0.15, 0.2) is 24.3 Å². The fourth-order valence-corrected chi connectivity index (χ4v) is 2.43. The molecule has 7 heteroatoms. The van der Waals surface area contributed by atoms with E-state index in [2.05, 4.69) is 10.6 Å². The molecule has 0 bridgehead atoms. The standard InChI is InChI=1S/C16H21N3O4/c1-11-4-3-5-12(8-11)23-10-15(21)19-7-6-18-16(22)13(19)9-14(20)17-2/h3-5,8,13H,6-7,9-10H2,1-2H3,(H,17,20)(H,18,22)/t13-/m0/s1. The molecule has 0 radical (unpaired) electrons. The first-order valence-electron chi connectivity index (χ1n) is 7.48. The number of carbonyl (C=O) groups excluding carboxylic acids is 3. The van der Waals surface area contributed by atoms with Gasteiger partial charge in [0.25, 0.3) is 5.91 Å². The molecule has 1 aliphatic heterocycles. The molecule has 0 unspecified atom stereocenters. The van der Waals surface area contributed by atoms with Gasteiger partial charge in [-0.05, 0) is 24.6 Å². The molecular weight excluding hydrogens is 298 g/mol. The fourth-order valence-electron chi connectivity index (χ4n) is 2.43. The van der Waals surface area contributed by atoms with Gasteiger partial charge in [-0.1, -0.05) is 12.1 Å². The van der Waals surface area contributed by atoms with Gasteiger partial charge in [0, 0.05) is 20.1 Å². The highest BCUT2D eigenvalue weighted by molar-refractivity contribution is 5.93. The van der Waals surface area contributed by atoms with Crippen LogP contribution in [0.4, 0.5) is 0 Å². The van der Waals surface area contributed by atoms with E-state index in [1.165, 1.54) is 11.9 Å². The van der Waals surface area contributed by atoms with Crippen molar-refractivity contribution in [2.24, 2.45) is 0 Å². The van der Waals surface area contributed by atoms with Crippen molar-refractivity contribution in [3.63, 3.8) is 0 Å². The molecule has 1 aromatic rings. The molecule has 1 aromatic carbocycles. The van der Waals surface area contributed by atoms with Gasteiger partial charge >= 0.3 is 0 Å². The van der Waals surface area contributed by atoms with Crippen LogP contribution in [-0.2, 0) is 14.4 Å². The third-order valence-corrected chi connectivity index (χ3v) is 3.66. The Labute approximate surface area is 135 Å². The van der Waals surface area contributed by atoms with Gasteiger partial charge in [0.1, 0.15) is 11.8 Å². The van der Waals surface area contributed by atoms with Crippen molar-refractivity contribution >= 4 is 17.7 Å². The van der Waals surface area contributed by atoms with Crippen molar-refractivity contribution in [2.45, 2.75) is 19.4 Å². The zero-order valence-electron chi connectivity index (χ0n) is 13.3. The molecule has 0 aromatic heterocycles. The quantitative estimate of drug-likeness (QED) is 0.789. The molecule has 2 N–H and O–H groups in total. The maximum Gasteiger partial charge on any atom is 0.261 e. The molecule has 124 valence electrons. The van der Waals surface area contributed by atoms with Gasteiger partial charge < -0.3 is 20.3 Å². The molecule has 23 heavy (non-hydrogen) atoms. The zero-order valence-corrected chi connectivity index (χ0v) is 13.3. The molecule has 2 rings (SSSR count). The highest BCUT2D eigenvalue weighted by Crippen LogP contribution is 2.14. The van der Waals surface area contributed by atoms with Crippen molar-refractivity contribution in [1.82, 2.24) is 15.5 Å². The predicted molar refractivity (Wildman–Crippen MR) is 83.9 cm³/mol. The van der Waals surface area contributed by atoms with Gasteiger partial charge in [0.05, 0.1) is 6.42 Å². The molecule has 0 aliphatic carbocycles. The molecule has 1 heterocycles. The summed E-state index contributed by atoms with van der Waals surface area (Å²) in [4.78, 5) is 37.3. The molecule has 0 spiro atoms. The number of hydrogen-bond acceptors (Lipinski definition) is 4. The second-order valence-electron chi connectivity index (χ2n) is 5.38. The predicted octanol–water partition coefficient (Wildman–Crippen LogP) is -0.163. The lowest BCUT2D eigenvalue weighted by Gasteiger charge is -2.34. The van der Waals surface area contributed by atoms with Gasteiger partial charge in [-0.25, -0.2) is 0 Å². The average molecular weight is 319 g/mol. The maximum absolute atomic E-state index is 12.4. The maximum atomic E-state index is 12.4. The van der Waals surface area contributed by atoms with E-state index < -0.39 is 6.04 Å². The zero-order chi connectivity index (χ0) is 16.8. The fraction of sp³-hybridized carbons (Fsp3) is 0.438. The minimum atomic E-state index is -0.794. The Balaban J connectivity index is 2.00. The van der Waals surface area contributed by atoms with Crippen LogP contribution in [0, 0.1) is 6.92 Å². The summed E-state index contributed by atoms with van der Waals surface area (Å²) >= 11 is 0. The Hall–Kier alpha value is -2.57. The van der Waals surface area contributed by atoms with E-state index in [1.54, 1.807) is 6.07 Å². The molecule has 7 nitrogen and oxygen atoms in total. The van der Waals surface area contributed by atoms with Gasteiger partial charge in [-0.2, -0.15) is 0 Å². The number of piperazine rings is 1.